The maximum absolute atomic E-state index is 12.1. The van der Waals surface area contributed by atoms with Crippen molar-refractivity contribution in [2.45, 2.75) is 45.6 Å². The molecule has 0 bridgehead atoms. The van der Waals surface area contributed by atoms with Crippen LogP contribution in [0.2, 0.25) is 0 Å². The highest BCUT2D eigenvalue weighted by molar-refractivity contribution is 6.01. The third-order valence-electron chi connectivity index (χ3n) is 4.10. The predicted molar refractivity (Wildman–Crippen MR) is 93.9 cm³/mol. The van der Waals surface area contributed by atoms with Crippen molar-refractivity contribution in [2.24, 2.45) is 0 Å². The van der Waals surface area contributed by atoms with E-state index in [-0.39, 0.29) is 24.3 Å². The summed E-state index contributed by atoms with van der Waals surface area (Å²) < 4.78 is 5.45. The zero-order valence-electron chi connectivity index (χ0n) is 14.8. The Balaban J connectivity index is 1.72. The highest BCUT2D eigenvalue weighted by Crippen LogP contribution is 2.16. The van der Waals surface area contributed by atoms with Crippen molar-refractivity contribution in [3.8, 4) is 0 Å². The Hall–Kier alpha value is -2.21. The number of hydrogen-bond donors (Lipinski definition) is 1. The topological polar surface area (TPSA) is 75.7 Å². The minimum Gasteiger partial charge on any atom is -0.381 e. The van der Waals surface area contributed by atoms with Gasteiger partial charge in [-0.25, -0.2) is 0 Å². The first-order chi connectivity index (χ1) is 12.1. The SMILES string of the molecule is CCCCOCCCNC(=O)c1ccc(CN2C(=O)CCC2=O)cc1. The van der Waals surface area contributed by atoms with Crippen molar-refractivity contribution in [1.82, 2.24) is 10.2 Å². The molecule has 0 aromatic heterocycles. The van der Waals surface area contributed by atoms with Crippen LogP contribution in [-0.4, -0.2) is 42.4 Å². The molecular formula is C19H26N2O4. The number of ether oxygens (including phenoxy) is 1. The van der Waals surface area contributed by atoms with Gasteiger partial charge >= 0.3 is 0 Å². The lowest BCUT2D eigenvalue weighted by Crippen LogP contribution is -2.28. The fourth-order valence-corrected chi connectivity index (χ4v) is 2.57. The molecule has 1 fully saturated rings. The maximum Gasteiger partial charge on any atom is 0.251 e. The summed E-state index contributed by atoms with van der Waals surface area (Å²) in [6.45, 7) is 4.39. The molecule has 1 N–H and O–H groups in total. The number of benzene rings is 1. The Morgan fingerprint density at radius 1 is 1.08 bits per heavy atom. The lowest BCUT2D eigenvalue weighted by molar-refractivity contribution is -0.139. The van der Waals surface area contributed by atoms with E-state index in [9.17, 15) is 14.4 Å². The van der Waals surface area contributed by atoms with Crippen molar-refractivity contribution in [2.75, 3.05) is 19.8 Å². The van der Waals surface area contributed by atoms with Crippen LogP contribution in [0.1, 0.15) is 54.9 Å². The van der Waals surface area contributed by atoms with Gasteiger partial charge in [-0.1, -0.05) is 25.5 Å². The summed E-state index contributed by atoms with van der Waals surface area (Å²) in [6.07, 6.45) is 3.55. The molecular weight excluding hydrogens is 320 g/mol. The summed E-state index contributed by atoms with van der Waals surface area (Å²) in [5.41, 5.74) is 1.40. The molecule has 1 aliphatic rings. The number of carbonyl (C=O) groups excluding carboxylic acids is 3. The average molecular weight is 346 g/mol. The predicted octanol–water partition coefficient (Wildman–Crippen LogP) is 2.27. The van der Waals surface area contributed by atoms with E-state index < -0.39 is 0 Å². The van der Waals surface area contributed by atoms with Crippen molar-refractivity contribution in [1.29, 1.82) is 0 Å². The number of nitrogens with zero attached hydrogens (tertiary/aromatic N) is 1. The van der Waals surface area contributed by atoms with Gasteiger partial charge < -0.3 is 10.1 Å². The van der Waals surface area contributed by atoms with Gasteiger partial charge in [0.25, 0.3) is 5.91 Å². The monoisotopic (exact) mass is 346 g/mol. The minimum atomic E-state index is -0.132. The quantitative estimate of drug-likeness (QED) is 0.521. The summed E-state index contributed by atoms with van der Waals surface area (Å²) in [6, 6.07) is 6.99. The molecule has 1 aliphatic heterocycles. The van der Waals surface area contributed by atoms with Gasteiger partial charge in [-0.15, -0.1) is 0 Å². The summed E-state index contributed by atoms with van der Waals surface area (Å²) >= 11 is 0. The number of unbranched alkanes of at least 4 members (excludes halogenated alkanes) is 1. The average Bonchev–Trinajstić information content (AvgIpc) is 2.93. The van der Waals surface area contributed by atoms with E-state index in [1.165, 1.54) is 4.90 Å². The van der Waals surface area contributed by atoms with Crippen LogP contribution in [0.25, 0.3) is 0 Å². The van der Waals surface area contributed by atoms with Gasteiger partial charge in [-0.3, -0.25) is 19.3 Å². The largest absolute Gasteiger partial charge is 0.381 e. The Bertz CT molecular complexity index is 582. The second-order valence-corrected chi connectivity index (χ2v) is 6.15. The maximum atomic E-state index is 12.1. The second-order valence-electron chi connectivity index (χ2n) is 6.15. The van der Waals surface area contributed by atoms with E-state index in [1.807, 2.05) is 0 Å². The third-order valence-corrected chi connectivity index (χ3v) is 4.10. The fraction of sp³-hybridized carbons (Fsp3) is 0.526. The van der Waals surface area contributed by atoms with Gasteiger partial charge in [-0.05, 0) is 30.5 Å². The first-order valence-electron chi connectivity index (χ1n) is 8.90. The summed E-state index contributed by atoms with van der Waals surface area (Å²) in [4.78, 5) is 36.6. The molecule has 0 atom stereocenters. The van der Waals surface area contributed by atoms with Crippen LogP contribution >= 0.6 is 0 Å². The lowest BCUT2D eigenvalue weighted by Gasteiger charge is -2.14. The normalized spacial score (nSPS) is 14.2. The zero-order valence-corrected chi connectivity index (χ0v) is 14.8. The smallest absolute Gasteiger partial charge is 0.251 e. The Labute approximate surface area is 148 Å². The molecule has 25 heavy (non-hydrogen) atoms. The number of likely N-dealkylation sites (tertiary alicyclic amines) is 1. The van der Waals surface area contributed by atoms with Crippen molar-refractivity contribution >= 4 is 17.7 Å². The highest BCUT2D eigenvalue weighted by Gasteiger charge is 2.28. The highest BCUT2D eigenvalue weighted by atomic mass is 16.5. The summed E-state index contributed by atoms with van der Waals surface area (Å²) in [5, 5.41) is 2.86. The van der Waals surface area contributed by atoms with Gasteiger partial charge in [0.05, 0.1) is 6.54 Å². The zero-order chi connectivity index (χ0) is 18.1. The molecule has 0 radical (unpaired) electrons. The molecule has 6 heteroatoms. The van der Waals surface area contributed by atoms with E-state index in [0.29, 0.717) is 31.6 Å². The van der Waals surface area contributed by atoms with Crippen LogP contribution in [-0.2, 0) is 20.9 Å². The molecule has 0 aliphatic carbocycles. The van der Waals surface area contributed by atoms with Gasteiger partial charge in [0.1, 0.15) is 0 Å². The Morgan fingerprint density at radius 2 is 1.72 bits per heavy atom. The molecule has 1 aromatic carbocycles. The van der Waals surface area contributed by atoms with Gasteiger partial charge in [-0.2, -0.15) is 0 Å². The van der Waals surface area contributed by atoms with Crippen LogP contribution in [0.3, 0.4) is 0 Å². The van der Waals surface area contributed by atoms with E-state index in [0.717, 1.165) is 31.4 Å². The molecule has 1 aromatic rings. The van der Waals surface area contributed by atoms with Crippen molar-refractivity contribution < 1.29 is 19.1 Å². The standard InChI is InChI=1S/C19H26N2O4/c1-2-3-12-25-13-4-11-20-19(24)16-7-5-15(6-8-16)14-21-17(22)9-10-18(21)23/h5-8H,2-4,9-14H2,1H3,(H,20,24). The number of imide groups is 1. The third kappa shape index (κ3) is 5.98. The summed E-state index contributed by atoms with van der Waals surface area (Å²) in [5.74, 6) is -0.394. The first kappa shape index (κ1) is 19.1. The van der Waals surface area contributed by atoms with E-state index in [2.05, 4.69) is 12.2 Å². The Kier molecular flexibility index (Phi) is 7.60. The lowest BCUT2D eigenvalue weighted by atomic mass is 10.1. The molecule has 0 spiro atoms. The molecule has 6 nitrogen and oxygen atoms in total. The van der Waals surface area contributed by atoms with E-state index >= 15 is 0 Å². The number of rotatable bonds is 10. The van der Waals surface area contributed by atoms with Crippen molar-refractivity contribution in [3.05, 3.63) is 35.4 Å². The van der Waals surface area contributed by atoms with E-state index in [4.69, 9.17) is 4.74 Å². The molecule has 0 saturated carbocycles. The Morgan fingerprint density at radius 3 is 2.36 bits per heavy atom. The molecule has 1 heterocycles. The second kappa shape index (κ2) is 9.93. The van der Waals surface area contributed by atoms with Crippen molar-refractivity contribution in [3.63, 3.8) is 0 Å². The van der Waals surface area contributed by atoms with Crippen LogP contribution in [0.5, 0.6) is 0 Å². The van der Waals surface area contributed by atoms with Gasteiger partial charge in [0.2, 0.25) is 11.8 Å². The number of carbonyl (C=O) groups is 3. The van der Waals surface area contributed by atoms with Gasteiger partial charge in [0, 0.05) is 38.2 Å². The number of amides is 3. The van der Waals surface area contributed by atoms with Gasteiger partial charge in [0.15, 0.2) is 0 Å². The molecule has 1 saturated heterocycles. The van der Waals surface area contributed by atoms with Crippen LogP contribution in [0.15, 0.2) is 24.3 Å². The fourth-order valence-electron chi connectivity index (χ4n) is 2.57. The number of hydrogen-bond acceptors (Lipinski definition) is 4. The molecule has 2 rings (SSSR count). The van der Waals surface area contributed by atoms with E-state index in [1.54, 1.807) is 24.3 Å². The first-order valence-corrected chi connectivity index (χ1v) is 8.90. The number of nitrogens with one attached hydrogen (secondary N) is 1. The minimum absolute atomic E-state index is 0.131. The molecule has 3 amide bonds. The van der Waals surface area contributed by atoms with Crippen LogP contribution in [0, 0.1) is 0 Å². The van der Waals surface area contributed by atoms with Crippen LogP contribution < -0.4 is 5.32 Å². The van der Waals surface area contributed by atoms with Crippen LogP contribution in [0.4, 0.5) is 0 Å². The molecule has 0 unspecified atom stereocenters. The molecule has 136 valence electrons. The summed E-state index contributed by atoms with van der Waals surface area (Å²) in [7, 11) is 0.